The first-order valence-electron chi connectivity index (χ1n) is 9.13. The zero-order valence-electron chi connectivity index (χ0n) is 15.2. The van der Waals surface area contributed by atoms with Crippen LogP contribution in [0.2, 0.25) is 0 Å². The number of sulfonamides is 1. The number of hydrogen-bond acceptors (Lipinski definition) is 5. The van der Waals surface area contributed by atoms with Gasteiger partial charge < -0.3 is 10.1 Å². The molecule has 1 aliphatic heterocycles. The quantitative estimate of drug-likeness (QED) is 0.772. The second kappa shape index (κ2) is 7.55. The van der Waals surface area contributed by atoms with Gasteiger partial charge in [0, 0.05) is 18.0 Å². The SMILES string of the molecule is O=C(NCc1ccc(S(=O)(=O)N2CCOCC2)s1)C1(c2ccc(F)cc2)CC1. The minimum Gasteiger partial charge on any atom is -0.379 e. The summed E-state index contributed by atoms with van der Waals surface area (Å²) in [6.45, 7) is 1.78. The highest BCUT2D eigenvalue weighted by atomic mass is 32.2. The van der Waals surface area contributed by atoms with Crippen LogP contribution in [0.1, 0.15) is 23.3 Å². The Morgan fingerprint density at radius 3 is 2.46 bits per heavy atom. The molecule has 1 aromatic heterocycles. The fraction of sp³-hybridized carbons (Fsp3) is 0.421. The Kier molecular flexibility index (Phi) is 5.26. The maximum atomic E-state index is 13.1. The molecule has 4 rings (SSSR count). The molecule has 1 aliphatic carbocycles. The first kappa shape index (κ1) is 19.5. The van der Waals surface area contributed by atoms with Gasteiger partial charge in [0.25, 0.3) is 10.0 Å². The number of halogens is 1. The first-order chi connectivity index (χ1) is 13.4. The van der Waals surface area contributed by atoms with Gasteiger partial charge in [0.05, 0.1) is 25.2 Å². The summed E-state index contributed by atoms with van der Waals surface area (Å²) in [7, 11) is -3.52. The van der Waals surface area contributed by atoms with Gasteiger partial charge in [-0.1, -0.05) is 12.1 Å². The molecule has 2 aromatic rings. The number of ether oxygens (including phenoxy) is 1. The van der Waals surface area contributed by atoms with E-state index in [0.717, 1.165) is 23.3 Å². The lowest BCUT2D eigenvalue weighted by Gasteiger charge is -2.25. The standard InChI is InChI=1S/C19H21FN2O4S2/c20-15-3-1-14(2-4-15)19(7-8-19)18(23)21-13-16-5-6-17(27-16)28(24,25)22-9-11-26-12-10-22/h1-6H,7-13H2,(H,21,23). The third-order valence-electron chi connectivity index (χ3n) is 5.21. The predicted molar refractivity (Wildman–Crippen MR) is 103 cm³/mol. The average Bonchev–Trinajstić information content (AvgIpc) is 3.37. The monoisotopic (exact) mass is 424 g/mol. The highest BCUT2D eigenvalue weighted by Crippen LogP contribution is 2.48. The Hall–Kier alpha value is -1.81. The van der Waals surface area contributed by atoms with Crippen LogP contribution in [0.4, 0.5) is 4.39 Å². The molecule has 2 fully saturated rings. The van der Waals surface area contributed by atoms with Crippen LogP contribution in [0.3, 0.4) is 0 Å². The van der Waals surface area contributed by atoms with Gasteiger partial charge in [-0.3, -0.25) is 4.79 Å². The molecule has 1 saturated heterocycles. The molecule has 2 heterocycles. The van der Waals surface area contributed by atoms with E-state index in [1.807, 2.05) is 0 Å². The second-order valence-corrected chi connectivity index (χ2v) is 10.3. The van der Waals surface area contributed by atoms with E-state index in [-0.39, 0.29) is 22.5 Å². The van der Waals surface area contributed by atoms with Gasteiger partial charge in [-0.05, 0) is 42.7 Å². The number of nitrogens with zero attached hydrogens (tertiary/aromatic N) is 1. The summed E-state index contributed by atoms with van der Waals surface area (Å²) in [4.78, 5) is 13.5. The third kappa shape index (κ3) is 3.71. The number of amides is 1. The average molecular weight is 425 g/mol. The van der Waals surface area contributed by atoms with Crippen molar-refractivity contribution in [2.45, 2.75) is 29.0 Å². The Labute approximate surface area is 167 Å². The van der Waals surface area contributed by atoms with Crippen LogP contribution < -0.4 is 5.32 Å². The van der Waals surface area contributed by atoms with Crippen LogP contribution in [-0.4, -0.2) is 44.9 Å². The Morgan fingerprint density at radius 2 is 1.82 bits per heavy atom. The van der Waals surface area contributed by atoms with Crippen LogP contribution in [0, 0.1) is 5.82 Å². The molecular formula is C19H21FN2O4S2. The Morgan fingerprint density at radius 1 is 1.14 bits per heavy atom. The molecule has 1 aromatic carbocycles. The summed E-state index contributed by atoms with van der Waals surface area (Å²) >= 11 is 1.17. The van der Waals surface area contributed by atoms with Crippen LogP contribution in [0.15, 0.2) is 40.6 Å². The fourth-order valence-corrected chi connectivity index (χ4v) is 6.24. The molecule has 0 bridgehead atoms. The van der Waals surface area contributed by atoms with Crippen molar-refractivity contribution in [3.8, 4) is 0 Å². The summed E-state index contributed by atoms with van der Waals surface area (Å²) in [6, 6.07) is 9.36. The van der Waals surface area contributed by atoms with Crippen molar-refractivity contribution in [3.05, 3.63) is 52.7 Å². The maximum Gasteiger partial charge on any atom is 0.252 e. The number of thiophene rings is 1. The molecule has 6 nitrogen and oxygen atoms in total. The van der Waals surface area contributed by atoms with Gasteiger partial charge in [-0.2, -0.15) is 4.31 Å². The molecule has 0 radical (unpaired) electrons. The van der Waals surface area contributed by atoms with Crippen molar-refractivity contribution in [2.24, 2.45) is 0 Å². The summed E-state index contributed by atoms with van der Waals surface area (Å²) < 4.78 is 45.4. The van der Waals surface area contributed by atoms with Crippen molar-refractivity contribution >= 4 is 27.3 Å². The maximum absolute atomic E-state index is 13.1. The Bertz CT molecular complexity index is 962. The van der Waals surface area contributed by atoms with Crippen molar-refractivity contribution in [3.63, 3.8) is 0 Å². The molecule has 150 valence electrons. The van der Waals surface area contributed by atoms with Crippen molar-refractivity contribution in [1.29, 1.82) is 0 Å². The number of nitrogens with one attached hydrogen (secondary N) is 1. The summed E-state index contributed by atoms with van der Waals surface area (Å²) in [5.41, 5.74) is 0.223. The number of hydrogen-bond donors (Lipinski definition) is 1. The van der Waals surface area contributed by atoms with Gasteiger partial charge in [-0.15, -0.1) is 11.3 Å². The van der Waals surface area contributed by atoms with E-state index < -0.39 is 15.4 Å². The zero-order chi connectivity index (χ0) is 19.8. The molecule has 0 unspecified atom stereocenters. The van der Waals surface area contributed by atoms with Crippen molar-refractivity contribution < 1.29 is 22.3 Å². The normalized spacial score (nSPS) is 19.3. The number of carbonyl (C=O) groups excluding carboxylic acids is 1. The van der Waals surface area contributed by atoms with E-state index in [9.17, 15) is 17.6 Å². The summed E-state index contributed by atoms with van der Waals surface area (Å²) in [6.07, 6.45) is 1.46. The Balaban J connectivity index is 1.41. The largest absolute Gasteiger partial charge is 0.379 e. The van der Waals surface area contributed by atoms with Gasteiger partial charge in [0.15, 0.2) is 0 Å². The smallest absolute Gasteiger partial charge is 0.252 e. The minimum atomic E-state index is -3.52. The highest BCUT2D eigenvalue weighted by Gasteiger charge is 2.51. The second-order valence-electron chi connectivity index (χ2n) is 7.01. The van der Waals surface area contributed by atoms with Crippen LogP contribution in [-0.2, 0) is 31.5 Å². The first-order valence-corrected chi connectivity index (χ1v) is 11.4. The number of rotatable bonds is 6. The lowest BCUT2D eigenvalue weighted by molar-refractivity contribution is -0.123. The minimum absolute atomic E-state index is 0.106. The van der Waals surface area contributed by atoms with Crippen molar-refractivity contribution in [2.75, 3.05) is 26.3 Å². The molecule has 2 aliphatic rings. The molecule has 9 heteroatoms. The number of benzene rings is 1. The van der Waals surface area contributed by atoms with Gasteiger partial charge in [0.2, 0.25) is 5.91 Å². The lowest BCUT2D eigenvalue weighted by atomic mass is 9.95. The van der Waals surface area contributed by atoms with E-state index >= 15 is 0 Å². The van der Waals surface area contributed by atoms with E-state index in [1.165, 1.54) is 27.8 Å². The molecule has 0 atom stereocenters. The molecule has 1 amide bonds. The van der Waals surface area contributed by atoms with Gasteiger partial charge in [-0.25, -0.2) is 12.8 Å². The van der Waals surface area contributed by atoms with Gasteiger partial charge >= 0.3 is 0 Å². The predicted octanol–water partition coefficient (Wildman–Crippen LogP) is 2.26. The molecule has 1 saturated carbocycles. The van der Waals surface area contributed by atoms with Crippen molar-refractivity contribution in [1.82, 2.24) is 9.62 Å². The topological polar surface area (TPSA) is 75.7 Å². The summed E-state index contributed by atoms with van der Waals surface area (Å²) in [5.74, 6) is -0.433. The molecular weight excluding hydrogens is 403 g/mol. The highest BCUT2D eigenvalue weighted by molar-refractivity contribution is 7.91. The van der Waals surface area contributed by atoms with E-state index in [4.69, 9.17) is 4.74 Å². The van der Waals surface area contributed by atoms with Gasteiger partial charge in [0.1, 0.15) is 10.0 Å². The zero-order valence-corrected chi connectivity index (χ0v) is 16.8. The molecule has 1 N–H and O–H groups in total. The third-order valence-corrected chi connectivity index (χ3v) is 8.66. The van der Waals surface area contributed by atoms with Crippen LogP contribution >= 0.6 is 11.3 Å². The van der Waals surface area contributed by atoms with Crippen LogP contribution in [0.5, 0.6) is 0 Å². The summed E-state index contributed by atoms with van der Waals surface area (Å²) in [5, 5.41) is 2.91. The lowest BCUT2D eigenvalue weighted by Crippen LogP contribution is -2.40. The number of carbonyl (C=O) groups is 1. The molecule has 0 spiro atoms. The van der Waals surface area contributed by atoms with Crippen LogP contribution in [0.25, 0.3) is 0 Å². The van der Waals surface area contributed by atoms with E-state index in [0.29, 0.717) is 26.3 Å². The molecule has 28 heavy (non-hydrogen) atoms. The van der Waals surface area contributed by atoms with E-state index in [2.05, 4.69) is 5.32 Å². The fourth-order valence-electron chi connectivity index (χ4n) is 3.38. The van der Waals surface area contributed by atoms with E-state index in [1.54, 1.807) is 24.3 Å². The number of morpholine rings is 1.